The number of nitrogens with two attached hydrogens (primary N) is 1. The lowest BCUT2D eigenvalue weighted by Gasteiger charge is -2.26. The number of carbonyl (C=O) groups excluding carboxylic acids is 3. The van der Waals surface area contributed by atoms with Crippen molar-refractivity contribution in [2.75, 3.05) is 31.9 Å². The van der Waals surface area contributed by atoms with E-state index in [9.17, 15) is 27.2 Å². The van der Waals surface area contributed by atoms with Gasteiger partial charge < -0.3 is 21.7 Å². The summed E-state index contributed by atoms with van der Waals surface area (Å²) in [5.41, 5.74) is 7.51. The van der Waals surface area contributed by atoms with Crippen LogP contribution >= 0.6 is 0 Å². The fourth-order valence-corrected chi connectivity index (χ4v) is 5.94. The molecular formula is C31H38FN5O5S. The number of anilines is 1. The minimum Gasteiger partial charge on any atom is -0.399 e. The first-order valence-corrected chi connectivity index (χ1v) is 15.3. The first-order valence-electron chi connectivity index (χ1n) is 13.9. The highest BCUT2D eigenvalue weighted by atomic mass is 32.2. The van der Waals surface area contributed by atoms with Gasteiger partial charge in [0.15, 0.2) is 5.78 Å². The predicted octanol–water partition coefficient (Wildman–Crippen LogP) is 2.26. The summed E-state index contributed by atoms with van der Waals surface area (Å²) >= 11 is 0. The molecular weight excluding hydrogens is 573 g/mol. The maximum absolute atomic E-state index is 13.6. The Hall–Kier alpha value is -4.13. The van der Waals surface area contributed by atoms with Gasteiger partial charge in [-0.15, -0.1) is 0 Å². The molecule has 0 saturated carbocycles. The van der Waals surface area contributed by atoms with Crippen LogP contribution < -0.4 is 21.7 Å². The molecule has 3 aromatic carbocycles. The van der Waals surface area contributed by atoms with Crippen molar-refractivity contribution in [3.8, 4) is 0 Å². The molecule has 0 heterocycles. The first kappa shape index (κ1) is 33.4. The van der Waals surface area contributed by atoms with Gasteiger partial charge in [0.05, 0.1) is 30.6 Å². The van der Waals surface area contributed by atoms with Gasteiger partial charge in [0.2, 0.25) is 21.8 Å². The maximum Gasteiger partial charge on any atom is 0.243 e. The third-order valence-corrected chi connectivity index (χ3v) is 8.16. The number of nitrogen functional groups attached to an aromatic ring is 1. The van der Waals surface area contributed by atoms with Crippen LogP contribution in [0.4, 0.5) is 10.1 Å². The van der Waals surface area contributed by atoms with Crippen molar-refractivity contribution < 1.29 is 27.2 Å². The maximum atomic E-state index is 13.6. The number of hydrogen-bond acceptors (Lipinski definition) is 7. The van der Waals surface area contributed by atoms with Gasteiger partial charge in [-0.25, -0.2) is 12.8 Å². The van der Waals surface area contributed by atoms with Crippen molar-refractivity contribution in [3.05, 3.63) is 95.8 Å². The van der Waals surface area contributed by atoms with E-state index < -0.39 is 46.8 Å². The van der Waals surface area contributed by atoms with Crippen LogP contribution in [0.5, 0.6) is 0 Å². The second-order valence-corrected chi connectivity index (χ2v) is 12.5. The Morgan fingerprint density at radius 2 is 1.58 bits per heavy atom. The van der Waals surface area contributed by atoms with E-state index in [1.165, 1.54) is 30.3 Å². The number of amides is 2. The van der Waals surface area contributed by atoms with Gasteiger partial charge in [-0.2, -0.15) is 4.31 Å². The molecule has 5 N–H and O–H groups in total. The lowest BCUT2D eigenvalue weighted by atomic mass is 10.0. The molecule has 0 fully saturated rings. The summed E-state index contributed by atoms with van der Waals surface area (Å²) in [5, 5.41) is 8.03. The summed E-state index contributed by atoms with van der Waals surface area (Å²) in [4.78, 5) is 38.6. The number of hydrogen-bond donors (Lipinski definition) is 4. The summed E-state index contributed by atoms with van der Waals surface area (Å²) in [7, 11) is -4.07. The molecule has 3 rings (SSSR count). The molecule has 0 radical (unpaired) electrons. The molecule has 2 amide bonds. The Bertz CT molecular complexity index is 1500. The van der Waals surface area contributed by atoms with Crippen LogP contribution in [0, 0.1) is 11.7 Å². The molecule has 0 aliphatic heterocycles. The minimum absolute atomic E-state index is 0.0293. The number of rotatable bonds is 16. The molecule has 3 aromatic rings. The number of Topliss-reactive ketones (excluding diaryl/α,β-unsaturated/α-hetero) is 1. The second-order valence-electron chi connectivity index (χ2n) is 10.6. The summed E-state index contributed by atoms with van der Waals surface area (Å²) < 4.78 is 41.4. The summed E-state index contributed by atoms with van der Waals surface area (Å²) in [5.74, 6) is -2.05. The van der Waals surface area contributed by atoms with E-state index in [0.717, 1.165) is 9.87 Å². The van der Waals surface area contributed by atoms with Gasteiger partial charge >= 0.3 is 0 Å². The smallest absolute Gasteiger partial charge is 0.243 e. The van der Waals surface area contributed by atoms with E-state index in [1.807, 2.05) is 19.9 Å². The second kappa shape index (κ2) is 15.9. The van der Waals surface area contributed by atoms with Crippen molar-refractivity contribution in [2.24, 2.45) is 5.92 Å². The number of sulfonamides is 1. The molecule has 10 nitrogen and oxygen atoms in total. The molecule has 230 valence electrons. The van der Waals surface area contributed by atoms with Gasteiger partial charge in [-0.1, -0.05) is 62.4 Å². The third-order valence-electron chi connectivity index (χ3n) is 6.35. The van der Waals surface area contributed by atoms with E-state index in [2.05, 4.69) is 16.0 Å². The molecule has 0 aliphatic rings. The van der Waals surface area contributed by atoms with Crippen molar-refractivity contribution in [1.82, 2.24) is 20.3 Å². The van der Waals surface area contributed by atoms with Crippen LogP contribution in [-0.2, 0) is 37.4 Å². The van der Waals surface area contributed by atoms with E-state index >= 15 is 0 Å². The van der Waals surface area contributed by atoms with E-state index in [1.54, 1.807) is 42.5 Å². The zero-order valence-electron chi connectivity index (χ0n) is 24.3. The molecule has 0 bridgehead atoms. The summed E-state index contributed by atoms with van der Waals surface area (Å²) in [6.45, 7) is 3.04. The SMILES string of the molecule is CC(C)CN(CC(=O)[C@@H](Cc1ccccc1)NC(=O)CNC(=O)CNCc1cccc(F)c1)S(=O)(=O)c1cccc(N)c1. The molecule has 43 heavy (non-hydrogen) atoms. The number of halogens is 1. The van der Waals surface area contributed by atoms with Gasteiger partial charge in [-0.3, -0.25) is 14.4 Å². The Balaban J connectivity index is 1.66. The highest BCUT2D eigenvalue weighted by molar-refractivity contribution is 7.89. The molecule has 0 spiro atoms. The normalized spacial score (nSPS) is 12.2. The van der Waals surface area contributed by atoms with Crippen LogP contribution in [0.2, 0.25) is 0 Å². The number of ketones is 1. The first-order chi connectivity index (χ1) is 20.4. The van der Waals surface area contributed by atoms with E-state index in [4.69, 9.17) is 5.73 Å². The van der Waals surface area contributed by atoms with Crippen molar-refractivity contribution in [2.45, 2.75) is 37.8 Å². The van der Waals surface area contributed by atoms with Crippen LogP contribution in [0.1, 0.15) is 25.0 Å². The molecule has 12 heteroatoms. The topological polar surface area (TPSA) is 151 Å². The average Bonchev–Trinajstić information content (AvgIpc) is 2.95. The molecule has 1 atom stereocenters. The highest BCUT2D eigenvalue weighted by Crippen LogP contribution is 2.20. The van der Waals surface area contributed by atoms with Crippen LogP contribution in [0.25, 0.3) is 0 Å². The quantitative estimate of drug-likeness (QED) is 0.182. The zero-order chi connectivity index (χ0) is 31.4. The third kappa shape index (κ3) is 10.9. The number of nitrogens with one attached hydrogen (secondary N) is 3. The lowest BCUT2D eigenvalue weighted by molar-refractivity contribution is -0.129. The van der Waals surface area contributed by atoms with Gasteiger partial charge in [0, 0.05) is 18.8 Å². The molecule has 0 saturated heterocycles. The van der Waals surface area contributed by atoms with Crippen LogP contribution in [-0.4, -0.2) is 62.5 Å². The number of nitrogens with zero attached hydrogens (tertiary/aromatic N) is 1. The molecule has 0 unspecified atom stereocenters. The van der Waals surface area contributed by atoms with Crippen LogP contribution in [0.15, 0.2) is 83.8 Å². The van der Waals surface area contributed by atoms with Gasteiger partial charge in [0.1, 0.15) is 5.82 Å². The van der Waals surface area contributed by atoms with E-state index in [0.29, 0.717) is 5.56 Å². The lowest BCUT2D eigenvalue weighted by Crippen LogP contribution is -2.51. The zero-order valence-corrected chi connectivity index (χ0v) is 25.1. The van der Waals surface area contributed by atoms with Gasteiger partial charge in [-0.05, 0) is 53.8 Å². The standard InChI is InChI=1S/C31H38FN5O5S/c1-22(2)20-37(43(41,42)27-13-7-12-26(33)16-27)21-29(38)28(15-23-8-4-3-5-9-23)36-31(40)19-35-30(39)18-34-17-24-10-6-11-25(32)14-24/h3-14,16,22,28,34H,15,17-21,33H2,1-2H3,(H,35,39)(H,36,40)/t28-/m1/s1. The largest absolute Gasteiger partial charge is 0.399 e. The predicted molar refractivity (Wildman–Crippen MR) is 163 cm³/mol. The Labute approximate surface area is 251 Å². The summed E-state index contributed by atoms with van der Waals surface area (Å²) in [6, 6.07) is 19.8. The fourth-order valence-electron chi connectivity index (χ4n) is 4.31. The van der Waals surface area contributed by atoms with Gasteiger partial charge in [0.25, 0.3) is 0 Å². The molecule has 0 aliphatic carbocycles. The van der Waals surface area contributed by atoms with Crippen molar-refractivity contribution in [1.29, 1.82) is 0 Å². The highest BCUT2D eigenvalue weighted by Gasteiger charge is 2.31. The van der Waals surface area contributed by atoms with E-state index in [-0.39, 0.29) is 48.4 Å². The minimum atomic E-state index is -4.07. The van der Waals surface area contributed by atoms with Crippen molar-refractivity contribution >= 4 is 33.3 Å². The molecule has 0 aromatic heterocycles. The Morgan fingerprint density at radius 3 is 2.26 bits per heavy atom. The van der Waals surface area contributed by atoms with Crippen molar-refractivity contribution in [3.63, 3.8) is 0 Å². The average molecular weight is 612 g/mol. The number of benzene rings is 3. The number of carbonyl (C=O) groups is 3. The van der Waals surface area contributed by atoms with Crippen LogP contribution in [0.3, 0.4) is 0 Å². The monoisotopic (exact) mass is 611 g/mol. The fraction of sp³-hybridized carbons (Fsp3) is 0.323. The Kier molecular flexibility index (Phi) is 12.4. The Morgan fingerprint density at radius 1 is 0.884 bits per heavy atom. The summed E-state index contributed by atoms with van der Waals surface area (Å²) in [6.07, 6.45) is 0.127.